The monoisotopic (exact) mass is 559 g/mol. The molecule has 0 spiro atoms. The predicted molar refractivity (Wildman–Crippen MR) is 152 cm³/mol. The van der Waals surface area contributed by atoms with Gasteiger partial charge >= 0.3 is 5.97 Å². The van der Waals surface area contributed by atoms with Crippen LogP contribution in [0.25, 0.3) is 11.1 Å². The number of para-hydroxylation sites is 1. The molecule has 4 aromatic rings. The van der Waals surface area contributed by atoms with Gasteiger partial charge in [0, 0.05) is 18.7 Å². The third kappa shape index (κ3) is 6.62. The van der Waals surface area contributed by atoms with Crippen LogP contribution in [0.1, 0.15) is 37.0 Å². The van der Waals surface area contributed by atoms with E-state index in [0.717, 1.165) is 11.1 Å². The second-order valence-electron chi connectivity index (χ2n) is 8.86. The largest absolute Gasteiger partial charge is 0.507 e. The van der Waals surface area contributed by atoms with Crippen molar-refractivity contribution in [2.75, 3.05) is 19.0 Å². The Morgan fingerprint density at radius 2 is 1.60 bits per heavy atom. The maximum absolute atomic E-state index is 13.2. The first-order valence-electron chi connectivity index (χ1n) is 12.4. The molecule has 2 heterocycles. The average Bonchev–Trinajstić information content (AvgIpc) is 3.49. The second kappa shape index (κ2) is 12.9. The molecule has 2 amide bonds. The van der Waals surface area contributed by atoms with Gasteiger partial charge < -0.3 is 25.8 Å². The number of hydrogen-bond donors (Lipinski definition) is 4. The van der Waals surface area contributed by atoms with E-state index in [1.807, 2.05) is 36.4 Å². The van der Waals surface area contributed by atoms with Crippen LogP contribution in [0.4, 0.5) is 5.95 Å². The Hall–Kier alpha value is -4.77. The molecule has 0 aliphatic heterocycles. The molecule has 0 fully saturated rings. The van der Waals surface area contributed by atoms with Crippen LogP contribution in [-0.4, -0.2) is 52.6 Å². The molecule has 0 aliphatic carbocycles. The van der Waals surface area contributed by atoms with E-state index in [1.54, 1.807) is 43.5 Å². The standard InChI is InChI=1S/C29H29N5O5S/c1-17-25(27(37)34-22(28(38)39-3)16-30-26(36)24-13-8-14-40-24)18(2)33-29(32-17)31-15-19-9-4-5-10-20(19)21-11-6-7-12-23(21)35/h4-14,22,35H,15-16H2,1-3H3,(H,30,36)(H,34,37)(H,31,32,33). The maximum atomic E-state index is 13.2. The maximum Gasteiger partial charge on any atom is 0.330 e. The Bertz CT molecular complexity index is 1500. The van der Waals surface area contributed by atoms with Gasteiger partial charge in [-0.15, -0.1) is 11.3 Å². The van der Waals surface area contributed by atoms with Crippen molar-refractivity contribution >= 4 is 35.1 Å². The summed E-state index contributed by atoms with van der Waals surface area (Å²) in [6.07, 6.45) is 0. The Morgan fingerprint density at radius 3 is 2.25 bits per heavy atom. The van der Waals surface area contributed by atoms with Crippen LogP contribution in [0.5, 0.6) is 5.75 Å². The lowest BCUT2D eigenvalue weighted by molar-refractivity contribution is -0.142. The van der Waals surface area contributed by atoms with Crippen LogP contribution >= 0.6 is 11.3 Å². The van der Waals surface area contributed by atoms with Gasteiger partial charge in [-0.3, -0.25) is 9.59 Å². The van der Waals surface area contributed by atoms with Crippen LogP contribution in [0.3, 0.4) is 0 Å². The van der Waals surface area contributed by atoms with Crippen LogP contribution in [-0.2, 0) is 16.1 Å². The summed E-state index contributed by atoms with van der Waals surface area (Å²) in [4.78, 5) is 47.2. The zero-order chi connectivity index (χ0) is 28.6. The zero-order valence-electron chi connectivity index (χ0n) is 22.2. The molecule has 0 aliphatic rings. The number of carbonyl (C=O) groups is 3. The number of rotatable bonds is 10. The van der Waals surface area contributed by atoms with Crippen molar-refractivity contribution in [1.29, 1.82) is 0 Å². The number of esters is 1. The number of phenols is 1. The van der Waals surface area contributed by atoms with Crippen molar-refractivity contribution in [3.63, 3.8) is 0 Å². The lowest BCUT2D eigenvalue weighted by Gasteiger charge is -2.18. The highest BCUT2D eigenvalue weighted by Crippen LogP contribution is 2.31. The summed E-state index contributed by atoms with van der Waals surface area (Å²) < 4.78 is 4.82. The Morgan fingerprint density at radius 1 is 0.925 bits per heavy atom. The normalized spacial score (nSPS) is 11.4. The summed E-state index contributed by atoms with van der Waals surface area (Å²) in [7, 11) is 1.21. The van der Waals surface area contributed by atoms with Gasteiger partial charge in [-0.1, -0.05) is 48.5 Å². The number of aryl methyl sites for hydroxylation is 2. The summed E-state index contributed by atoms with van der Waals surface area (Å²) in [6.45, 7) is 3.58. The molecule has 4 N–H and O–H groups in total. The fraction of sp³-hybridized carbons (Fsp3) is 0.207. The van der Waals surface area contributed by atoms with E-state index in [2.05, 4.69) is 25.9 Å². The average molecular weight is 560 g/mol. The third-order valence-electron chi connectivity index (χ3n) is 6.15. The van der Waals surface area contributed by atoms with Gasteiger partial charge in [-0.05, 0) is 42.5 Å². The summed E-state index contributed by atoms with van der Waals surface area (Å²) in [5.41, 5.74) is 3.55. The lowest BCUT2D eigenvalue weighted by atomic mass is 9.99. The Balaban J connectivity index is 1.46. The predicted octanol–water partition coefficient (Wildman–Crippen LogP) is 3.84. The second-order valence-corrected chi connectivity index (χ2v) is 9.81. The van der Waals surface area contributed by atoms with Crippen molar-refractivity contribution in [2.24, 2.45) is 0 Å². The molecule has 4 rings (SSSR count). The molecule has 2 aromatic carbocycles. The SMILES string of the molecule is COC(=O)C(CNC(=O)c1cccs1)NC(=O)c1c(C)nc(NCc2ccccc2-c2ccccc2O)nc1C. The van der Waals surface area contributed by atoms with Crippen LogP contribution < -0.4 is 16.0 Å². The molecule has 0 bridgehead atoms. The molecule has 2 aromatic heterocycles. The van der Waals surface area contributed by atoms with Gasteiger partial charge in [-0.2, -0.15) is 0 Å². The van der Waals surface area contributed by atoms with Crippen molar-refractivity contribution in [3.05, 3.63) is 93.4 Å². The van der Waals surface area contributed by atoms with Crippen LogP contribution in [0.2, 0.25) is 0 Å². The number of nitrogens with one attached hydrogen (secondary N) is 3. The highest BCUT2D eigenvalue weighted by atomic mass is 32.1. The molecule has 1 unspecified atom stereocenters. The molecule has 0 saturated carbocycles. The van der Waals surface area contributed by atoms with Gasteiger partial charge in [0.2, 0.25) is 5.95 Å². The first-order valence-corrected chi connectivity index (χ1v) is 13.3. The van der Waals surface area contributed by atoms with E-state index in [0.29, 0.717) is 34.3 Å². The molecule has 10 nitrogen and oxygen atoms in total. The fourth-order valence-corrected chi connectivity index (χ4v) is 4.83. The molecule has 1 atom stereocenters. The zero-order valence-corrected chi connectivity index (χ0v) is 23.0. The topological polar surface area (TPSA) is 143 Å². The summed E-state index contributed by atoms with van der Waals surface area (Å²) in [5.74, 6) is -1.10. The number of benzene rings is 2. The molecular formula is C29H29N5O5S. The molecule has 11 heteroatoms. The first kappa shape index (κ1) is 28.2. The highest BCUT2D eigenvalue weighted by molar-refractivity contribution is 7.12. The van der Waals surface area contributed by atoms with Crippen LogP contribution in [0.15, 0.2) is 66.0 Å². The number of thiophene rings is 1. The van der Waals surface area contributed by atoms with Crippen molar-refractivity contribution < 1.29 is 24.2 Å². The van der Waals surface area contributed by atoms with Crippen molar-refractivity contribution in [2.45, 2.75) is 26.4 Å². The molecule has 206 valence electrons. The van der Waals surface area contributed by atoms with E-state index in [9.17, 15) is 19.5 Å². The molecule has 0 saturated heterocycles. The number of aromatic hydroxyl groups is 1. The minimum Gasteiger partial charge on any atom is -0.507 e. The Labute approximate surface area is 235 Å². The minimum atomic E-state index is -1.11. The number of aromatic nitrogens is 2. The van der Waals surface area contributed by atoms with Gasteiger partial charge in [0.25, 0.3) is 11.8 Å². The van der Waals surface area contributed by atoms with E-state index >= 15 is 0 Å². The fourth-order valence-electron chi connectivity index (χ4n) is 4.19. The number of ether oxygens (including phenoxy) is 1. The number of anilines is 1. The van der Waals surface area contributed by atoms with Crippen LogP contribution in [0, 0.1) is 13.8 Å². The number of carbonyl (C=O) groups excluding carboxylic acids is 3. The van der Waals surface area contributed by atoms with Crippen molar-refractivity contribution in [3.8, 4) is 16.9 Å². The first-order chi connectivity index (χ1) is 19.3. The third-order valence-corrected chi connectivity index (χ3v) is 7.02. The minimum absolute atomic E-state index is 0.149. The van der Waals surface area contributed by atoms with E-state index in [4.69, 9.17) is 4.74 Å². The number of nitrogens with zero attached hydrogens (tertiary/aromatic N) is 2. The van der Waals surface area contributed by atoms with Crippen molar-refractivity contribution in [1.82, 2.24) is 20.6 Å². The summed E-state index contributed by atoms with van der Waals surface area (Å²) >= 11 is 1.27. The van der Waals surface area contributed by atoms with E-state index in [-0.39, 0.29) is 23.8 Å². The Kier molecular flexibility index (Phi) is 9.07. The summed E-state index contributed by atoms with van der Waals surface area (Å²) in [5, 5.41) is 20.6. The molecular weight excluding hydrogens is 530 g/mol. The highest BCUT2D eigenvalue weighted by Gasteiger charge is 2.26. The number of phenolic OH excluding ortho intramolecular Hbond substituents is 1. The smallest absolute Gasteiger partial charge is 0.330 e. The van der Waals surface area contributed by atoms with E-state index in [1.165, 1.54) is 18.4 Å². The summed E-state index contributed by atoms with van der Waals surface area (Å²) in [6, 6.07) is 17.1. The van der Waals surface area contributed by atoms with E-state index < -0.39 is 17.9 Å². The number of methoxy groups -OCH3 is 1. The molecule has 0 radical (unpaired) electrons. The quantitative estimate of drug-likeness (QED) is 0.215. The van der Waals surface area contributed by atoms with Gasteiger partial charge in [0.1, 0.15) is 11.8 Å². The number of hydrogen-bond acceptors (Lipinski definition) is 9. The van der Waals surface area contributed by atoms with Gasteiger partial charge in [-0.25, -0.2) is 14.8 Å². The van der Waals surface area contributed by atoms with Gasteiger partial charge in [0.15, 0.2) is 0 Å². The lowest BCUT2D eigenvalue weighted by Crippen LogP contribution is -2.49. The van der Waals surface area contributed by atoms with Gasteiger partial charge in [0.05, 0.1) is 28.9 Å². The molecule has 40 heavy (non-hydrogen) atoms. The number of amides is 2.